The van der Waals surface area contributed by atoms with E-state index in [2.05, 4.69) is 22.0 Å². The monoisotopic (exact) mass is 390 g/mol. The molecule has 3 rings (SSSR count). The van der Waals surface area contributed by atoms with Crippen LogP contribution in [0.4, 0.5) is 5.82 Å². The van der Waals surface area contributed by atoms with Crippen molar-refractivity contribution >= 4 is 29.1 Å². The van der Waals surface area contributed by atoms with Crippen molar-refractivity contribution in [3.05, 3.63) is 96.2 Å². The predicted molar refractivity (Wildman–Crippen MR) is 116 cm³/mol. The zero-order chi connectivity index (χ0) is 19.8. The van der Waals surface area contributed by atoms with Gasteiger partial charge in [0.05, 0.1) is 0 Å². The van der Waals surface area contributed by atoms with E-state index in [0.717, 1.165) is 11.4 Å². The molecule has 0 fully saturated rings. The summed E-state index contributed by atoms with van der Waals surface area (Å²) in [5.41, 5.74) is 7.57. The summed E-state index contributed by atoms with van der Waals surface area (Å²) in [6, 6.07) is 24.9. The molecule has 5 nitrogen and oxygen atoms in total. The number of aromatic nitrogens is 1. The van der Waals surface area contributed by atoms with Gasteiger partial charge in [0.25, 0.3) is 5.91 Å². The molecule has 0 saturated heterocycles. The number of thiocarbonyl (C=S) groups is 1. The summed E-state index contributed by atoms with van der Waals surface area (Å²) in [5.74, 6) is 0.634. The average Bonchev–Trinajstić information content (AvgIpc) is 2.74. The van der Waals surface area contributed by atoms with Crippen molar-refractivity contribution in [2.75, 3.05) is 18.0 Å². The fourth-order valence-corrected chi connectivity index (χ4v) is 3.06. The summed E-state index contributed by atoms with van der Waals surface area (Å²) in [5, 5.41) is 0.0644. The van der Waals surface area contributed by atoms with Gasteiger partial charge in [-0.1, -0.05) is 54.6 Å². The molecule has 2 N–H and O–H groups in total. The number of hydrogen-bond acceptors (Lipinski definition) is 4. The fourth-order valence-electron chi connectivity index (χ4n) is 2.89. The highest BCUT2D eigenvalue weighted by Crippen LogP contribution is 2.14. The lowest BCUT2D eigenvalue weighted by atomic mass is 10.2. The summed E-state index contributed by atoms with van der Waals surface area (Å²) in [4.78, 5) is 20.8. The van der Waals surface area contributed by atoms with Crippen molar-refractivity contribution in [3.63, 3.8) is 0 Å². The lowest BCUT2D eigenvalue weighted by Gasteiger charge is -2.28. The van der Waals surface area contributed by atoms with Crippen LogP contribution in [0.15, 0.2) is 85.1 Å². The van der Waals surface area contributed by atoms with Gasteiger partial charge in [0.15, 0.2) is 5.11 Å². The van der Waals surface area contributed by atoms with E-state index in [-0.39, 0.29) is 11.0 Å². The van der Waals surface area contributed by atoms with Crippen LogP contribution in [-0.2, 0) is 6.54 Å². The number of amides is 1. The molecule has 3 aromatic rings. The normalized spacial score (nSPS) is 10.3. The van der Waals surface area contributed by atoms with Crippen molar-refractivity contribution in [1.82, 2.24) is 9.88 Å². The Labute approximate surface area is 170 Å². The summed E-state index contributed by atoms with van der Waals surface area (Å²) in [6.07, 6.45) is 1.76. The van der Waals surface area contributed by atoms with Crippen LogP contribution < -0.4 is 10.6 Å². The molecular weight excluding hydrogens is 368 g/mol. The minimum Gasteiger partial charge on any atom is -0.376 e. The Morgan fingerprint density at radius 2 is 1.54 bits per heavy atom. The molecule has 0 atom stereocenters. The molecule has 0 saturated carbocycles. The number of nitrogens with two attached hydrogens (primary N) is 1. The molecule has 1 heterocycles. The number of carbonyl (C=O) groups is 1. The van der Waals surface area contributed by atoms with Gasteiger partial charge in [-0.2, -0.15) is 0 Å². The van der Waals surface area contributed by atoms with Crippen LogP contribution in [0.5, 0.6) is 0 Å². The molecule has 0 unspecified atom stereocenters. The van der Waals surface area contributed by atoms with Gasteiger partial charge in [-0.05, 0) is 42.0 Å². The molecule has 2 aromatic carbocycles. The largest absolute Gasteiger partial charge is 0.376 e. The Morgan fingerprint density at radius 1 is 0.893 bits per heavy atom. The first-order valence-electron chi connectivity index (χ1n) is 9.01. The molecule has 0 aliphatic heterocycles. The second-order valence-corrected chi connectivity index (χ2v) is 6.67. The van der Waals surface area contributed by atoms with Crippen LogP contribution in [0, 0.1) is 0 Å². The number of anilines is 1. The molecule has 1 amide bonds. The Balaban J connectivity index is 1.77. The third-order valence-electron chi connectivity index (χ3n) is 4.31. The molecular formula is C22H22N4OS. The summed E-state index contributed by atoms with van der Waals surface area (Å²) in [6.45, 7) is 1.58. The van der Waals surface area contributed by atoms with Crippen LogP contribution in [0.1, 0.15) is 15.9 Å². The quantitative estimate of drug-likeness (QED) is 0.626. The Kier molecular flexibility index (Phi) is 6.70. The predicted octanol–water partition coefficient (Wildman–Crippen LogP) is 3.47. The van der Waals surface area contributed by atoms with E-state index >= 15 is 0 Å². The first-order chi connectivity index (χ1) is 13.6. The molecule has 28 heavy (non-hydrogen) atoms. The van der Waals surface area contributed by atoms with Crippen molar-refractivity contribution in [1.29, 1.82) is 0 Å². The van der Waals surface area contributed by atoms with Crippen LogP contribution in [-0.4, -0.2) is 34.0 Å². The van der Waals surface area contributed by atoms with E-state index in [1.165, 1.54) is 4.90 Å². The number of hydrogen-bond donors (Lipinski definition) is 1. The van der Waals surface area contributed by atoms with Gasteiger partial charge in [-0.25, -0.2) is 4.98 Å². The summed E-state index contributed by atoms with van der Waals surface area (Å²) >= 11 is 5.14. The van der Waals surface area contributed by atoms with Crippen molar-refractivity contribution in [2.24, 2.45) is 5.73 Å². The van der Waals surface area contributed by atoms with E-state index in [1.807, 2.05) is 54.6 Å². The molecule has 1 aromatic heterocycles. The minimum absolute atomic E-state index is 0.0644. The van der Waals surface area contributed by atoms with Crippen LogP contribution in [0.25, 0.3) is 0 Å². The third-order valence-corrected chi connectivity index (χ3v) is 4.54. The number of carbonyl (C=O) groups excluding carboxylic acids is 1. The Morgan fingerprint density at radius 3 is 2.14 bits per heavy atom. The molecule has 0 bridgehead atoms. The number of benzene rings is 2. The lowest BCUT2D eigenvalue weighted by Crippen LogP contribution is -2.45. The maximum absolute atomic E-state index is 12.8. The van der Waals surface area contributed by atoms with Gasteiger partial charge in [0.1, 0.15) is 5.82 Å². The molecule has 0 radical (unpaired) electrons. The van der Waals surface area contributed by atoms with Crippen LogP contribution >= 0.6 is 12.2 Å². The van der Waals surface area contributed by atoms with Crippen molar-refractivity contribution in [2.45, 2.75) is 6.54 Å². The van der Waals surface area contributed by atoms with E-state index < -0.39 is 0 Å². The minimum atomic E-state index is -0.200. The fraction of sp³-hybridized carbons (Fsp3) is 0.136. The Bertz CT molecular complexity index is 904. The van der Waals surface area contributed by atoms with Crippen LogP contribution in [0.2, 0.25) is 0 Å². The standard InChI is InChI=1S/C22H22N4OS/c23-22(28)26(21(27)19-11-5-2-6-12-19)16-15-25(20-13-7-8-14-24-20)17-18-9-3-1-4-10-18/h1-14H,15-17H2,(H2,23,28). The number of pyridine rings is 1. The van der Waals surface area contributed by atoms with Gasteiger partial charge < -0.3 is 10.6 Å². The maximum atomic E-state index is 12.8. The summed E-state index contributed by atoms with van der Waals surface area (Å²) in [7, 11) is 0. The third kappa shape index (κ3) is 5.14. The second-order valence-electron chi connectivity index (χ2n) is 6.26. The molecule has 6 heteroatoms. The SMILES string of the molecule is NC(=S)N(CCN(Cc1ccccc1)c1ccccn1)C(=O)c1ccccc1. The van der Waals surface area contributed by atoms with Gasteiger partial charge in [-0.15, -0.1) is 0 Å². The van der Waals surface area contributed by atoms with Gasteiger partial charge >= 0.3 is 0 Å². The lowest BCUT2D eigenvalue weighted by molar-refractivity contribution is 0.0850. The highest BCUT2D eigenvalue weighted by Gasteiger charge is 2.19. The average molecular weight is 391 g/mol. The zero-order valence-corrected chi connectivity index (χ0v) is 16.3. The topological polar surface area (TPSA) is 62.5 Å². The van der Waals surface area contributed by atoms with E-state index in [9.17, 15) is 4.79 Å². The number of nitrogens with zero attached hydrogens (tertiary/aromatic N) is 3. The van der Waals surface area contributed by atoms with Gasteiger partial charge in [0, 0.05) is 31.4 Å². The van der Waals surface area contributed by atoms with E-state index in [1.54, 1.807) is 18.3 Å². The molecule has 142 valence electrons. The Hall–Kier alpha value is -3.25. The van der Waals surface area contributed by atoms with E-state index in [4.69, 9.17) is 18.0 Å². The van der Waals surface area contributed by atoms with Gasteiger partial charge in [0.2, 0.25) is 0 Å². The molecule has 0 aliphatic rings. The van der Waals surface area contributed by atoms with Crippen molar-refractivity contribution in [3.8, 4) is 0 Å². The molecule has 0 aliphatic carbocycles. The first-order valence-corrected chi connectivity index (χ1v) is 9.42. The number of rotatable bonds is 7. The van der Waals surface area contributed by atoms with Gasteiger partial charge in [-0.3, -0.25) is 9.69 Å². The zero-order valence-electron chi connectivity index (χ0n) is 15.4. The first kappa shape index (κ1) is 19.5. The van der Waals surface area contributed by atoms with Crippen molar-refractivity contribution < 1.29 is 4.79 Å². The summed E-state index contributed by atoms with van der Waals surface area (Å²) < 4.78 is 0. The highest BCUT2D eigenvalue weighted by atomic mass is 32.1. The maximum Gasteiger partial charge on any atom is 0.260 e. The molecule has 0 spiro atoms. The van der Waals surface area contributed by atoms with Crippen LogP contribution in [0.3, 0.4) is 0 Å². The second kappa shape index (κ2) is 9.62. The highest BCUT2D eigenvalue weighted by molar-refractivity contribution is 7.80. The smallest absolute Gasteiger partial charge is 0.260 e. The van der Waals surface area contributed by atoms with E-state index in [0.29, 0.717) is 25.2 Å².